The summed E-state index contributed by atoms with van der Waals surface area (Å²) in [5, 5.41) is 7.74. The van der Waals surface area contributed by atoms with Gasteiger partial charge in [0.1, 0.15) is 10.7 Å². The summed E-state index contributed by atoms with van der Waals surface area (Å²) in [4.78, 5) is 4.67. The zero-order valence-corrected chi connectivity index (χ0v) is 20.5. The smallest absolute Gasteiger partial charge is 0.231 e. The van der Waals surface area contributed by atoms with Gasteiger partial charge < -0.3 is 19.3 Å². The Labute approximate surface area is 201 Å². The van der Waals surface area contributed by atoms with E-state index in [0.717, 1.165) is 29.7 Å². The Bertz CT molecular complexity index is 1180. The molecule has 1 aliphatic carbocycles. The number of hydrogen-bond donors (Lipinski definition) is 2. The Morgan fingerprint density at radius 3 is 2.74 bits per heavy atom. The van der Waals surface area contributed by atoms with Gasteiger partial charge in [-0.2, -0.15) is 4.98 Å². The summed E-state index contributed by atoms with van der Waals surface area (Å²) in [5.74, 6) is 2.78. The highest BCUT2D eigenvalue weighted by atomic mass is 32.2. The fourth-order valence-electron chi connectivity index (χ4n) is 4.38. The number of fused-ring (bicyclic) bond motifs is 1. The topological polar surface area (TPSA) is 104 Å². The molecule has 1 aliphatic rings. The predicted octanol–water partition coefficient (Wildman–Crippen LogP) is 3.70. The van der Waals surface area contributed by atoms with Crippen molar-refractivity contribution in [3.05, 3.63) is 59.0 Å². The van der Waals surface area contributed by atoms with Gasteiger partial charge >= 0.3 is 0 Å². The number of thiol groups is 1. The number of hydrogen-bond acceptors (Lipinski definition) is 8. The lowest BCUT2D eigenvalue weighted by atomic mass is 10.0. The van der Waals surface area contributed by atoms with Gasteiger partial charge in [0.05, 0.1) is 19.6 Å². The molecule has 8 nitrogen and oxygen atoms in total. The fourth-order valence-corrected chi connectivity index (χ4v) is 4.79. The van der Waals surface area contributed by atoms with Crippen LogP contribution in [0.5, 0.6) is 11.5 Å². The fraction of sp³-hybridized carbons (Fsp3) is 0.440. The van der Waals surface area contributed by atoms with Gasteiger partial charge in [-0.25, -0.2) is 8.42 Å². The van der Waals surface area contributed by atoms with Crippen molar-refractivity contribution in [3.8, 4) is 22.9 Å². The maximum atomic E-state index is 10.8. The van der Waals surface area contributed by atoms with Crippen LogP contribution in [0, 0.1) is 0 Å². The Morgan fingerprint density at radius 2 is 1.94 bits per heavy atom. The molecule has 182 valence electrons. The van der Waals surface area contributed by atoms with Crippen molar-refractivity contribution >= 4 is 10.7 Å². The third kappa shape index (κ3) is 5.77. The van der Waals surface area contributed by atoms with E-state index in [1.807, 2.05) is 44.2 Å². The number of rotatable bonds is 12. The summed E-state index contributed by atoms with van der Waals surface area (Å²) >= 11 is 0. The molecule has 0 saturated heterocycles. The van der Waals surface area contributed by atoms with Crippen LogP contribution in [0.4, 0.5) is 0 Å². The lowest BCUT2D eigenvalue weighted by Crippen LogP contribution is -2.21. The van der Waals surface area contributed by atoms with Crippen molar-refractivity contribution in [1.29, 1.82) is 0 Å². The molecule has 9 heteroatoms. The zero-order chi connectivity index (χ0) is 23.9. The van der Waals surface area contributed by atoms with E-state index in [9.17, 15) is 8.42 Å². The highest BCUT2D eigenvalue weighted by molar-refractivity contribution is 7.72. The maximum Gasteiger partial charge on any atom is 0.231 e. The van der Waals surface area contributed by atoms with Crippen molar-refractivity contribution in [2.45, 2.75) is 45.6 Å². The van der Waals surface area contributed by atoms with Crippen LogP contribution in [-0.4, -0.2) is 44.1 Å². The Hall–Kier alpha value is -2.91. The summed E-state index contributed by atoms with van der Waals surface area (Å²) in [5.41, 5.74) is 4.44. The molecule has 3 aromatic rings. The molecule has 0 fully saturated rings. The molecule has 1 N–H and O–H groups in total. The van der Waals surface area contributed by atoms with Gasteiger partial charge in [-0.3, -0.25) is 0 Å². The lowest BCUT2D eigenvalue weighted by Gasteiger charge is -2.14. The Balaban J connectivity index is 1.47. The van der Waals surface area contributed by atoms with E-state index in [-0.39, 0.29) is 11.8 Å². The molecule has 0 radical (unpaired) electrons. The van der Waals surface area contributed by atoms with E-state index in [1.165, 1.54) is 11.1 Å². The van der Waals surface area contributed by atoms with Crippen LogP contribution in [0.1, 0.15) is 55.3 Å². The molecule has 2 aromatic carbocycles. The van der Waals surface area contributed by atoms with Gasteiger partial charge in [0, 0.05) is 17.4 Å². The standard InChI is InChI=1S/C25H31N3O5S/c1-3-31-22-12-9-17(15-23(22)32-4-2)16-24-27-25(28-33-24)20-8-5-7-19-18(20)10-11-21(19)26-13-6-14-34(29)30/h5,7-9,12,15,21,26,34H,3-4,6,10-11,13-14,16H2,1-2H3. The molecule has 1 unspecified atom stereocenters. The van der Waals surface area contributed by atoms with E-state index in [2.05, 4.69) is 21.5 Å². The van der Waals surface area contributed by atoms with Crippen LogP contribution in [0.2, 0.25) is 0 Å². The first-order chi connectivity index (χ1) is 16.6. The first kappa shape index (κ1) is 24.2. The van der Waals surface area contributed by atoms with E-state index in [4.69, 9.17) is 14.0 Å². The highest BCUT2D eigenvalue weighted by Crippen LogP contribution is 2.37. The number of ether oxygens (including phenoxy) is 2. The zero-order valence-electron chi connectivity index (χ0n) is 19.6. The van der Waals surface area contributed by atoms with Crippen LogP contribution >= 0.6 is 0 Å². The second kappa shape index (κ2) is 11.5. The highest BCUT2D eigenvalue weighted by Gasteiger charge is 2.26. The molecule has 34 heavy (non-hydrogen) atoms. The molecule has 0 amide bonds. The molecule has 0 bridgehead atoms. The largest absolute Gasteiger partial charge is 0.490 e. The van der Waals surface area contributed by atoms with Gasteiger partial charge in [-0.15, -0.1) is 0 Å². The minimum Gasteiger partial charge on any atom is -0.490 e. The second-order valence-electron chi connectivity index (χ2n) is 8.16. The monoisotopic (exact) mass is 485 g/mol. The van der Waals surface area contributed by atoms with Crippen molar-refractivity contribution < 1.29 is 22.4 Å². The average Bonchev–Trinajstić information content (AvgIpc) is 3.46. The molecule has 1 heterocycles. The van der Waals surface area contributed by atoms with E-state index < -0.39 is 10.7 Å². The molecule has 0 aliphatic heterocycles. The van der Waals surface area contributed by atoms with E-state index in [1.54, 1.807) is 0 Å². The lowest BCUT2D eigenvalue weighted by molar-refractivity contribution is 0.287. The minimum absolute atomic E-state index is 0.215. The molecular weight excluding hydrogens is 454 g/mol. The molecule has 1 atom stereocenters. The summed E-state index contributed by atoms with van der Waals surface area (Å²) in [6.07, 6.45) is 3.00. The first-order valence-electron chi connectivity index (χ1n) is 11.8. The quantitative estimate of drug-likeness (QED) is 0.296. The average molecular weight is 486 g/mol. The number of aromatic nitrogens is 2. The Morgan fingerprint density at radius 1 is 1.12 bits per heavy atom. The van der Waals surface area contributed by atoms with Crippen molar-refractivity contribution in [2.75, 3.05) is 25.5 Å². The summed E-state index contributed by atoms with van der Waals surface area (Å²) in [7, 11) is -2.32. The van der Waals surface area contributed by atoms with Gasteiger partial charge in [0.15, 0.2) is 11.5 Å². The van der Waals surface area contributed by atoms with Crippen LogP contribution in [0.3, 0.4) is 0 Å². The predicted molar refractivity (Wildman–Crippen MR) is 130 cm³/mol. The van der Waals surface area contributed by atoms with Crippen LogP contribution in [0.25, 0.3) is 11.4 Å². The number of nitrogens with one attached hydrogen (secondary N) is 1. The normalized spacial score (nSPS) is 15.0. The van der Waals surface area contributed by atoms with Gasteiger partial charge in [-0.1, -0.05) is 29.4 Å². The first-order valence-corrected chi connectivity index (χ1v) is 13.1. The van der Waals surface area contributed by atoms with Gasteiger partial charge in [0.2, 0.25) is 11.7 Å². The van der Waals surface area contributed by atoms with E-state index in [0.29, 0.717) is 50.1 Å². The second-order valence-corrected chi connectivity index (χ2v) is 9.28. The number of nitrogens with zero attached hydrogens (tertiary/aromatic N) is 2. The van der Waals surface area contributed by atoms with E-state index >= 15 is 0 Å². The van der Waals surface area contributed by atoms with Crippen LogP contribution in [0.15, 0.2) is 40.9 Å². The third-order valence-corrected chi connectivity index (χ3v) is 6.53. The molecule has 0 saturated carbocycles. The van der Waals surface area contributed by atoms with Crippen LogP contribution in [-0.2, 0) is 23.5 Å². The van der Waals surface area contributed by atoms with Gasteiger partial charge in [0.25, 0.3) is 0 Å². The van der Waals surface area contributed by atoms with Crippen molar-refractivity contribution in [3.63, 3.8) is 0 Å². The van der Waals surface area contributed by atoms with Crippen LogP contribution < -0.4 is 14.8 Å². The maximum absolute atomic E-state index is 10.8. The Kier molecular flexibility index (Phi) is 8.18. The van der Waals surface area contributed by atoms with Gasteiger partial charge in [-0.05, 0) is 68.5 Å². The van der Waals surface area contributed by atoms with Crippen molar-refractivity contribution in [2.24, 2.45) is 0 Å². The summed E-state index contributed by atoms with van der Waals surface area (Å²) in [6.45, 7) is 5.70. The van der Waals surface area contributed by atoms with Crippen molar-refractivity contribution in [1.82, 2.24) is 15.5 Å². The molecule has 1 aromatic heterocycles. The number of benzene rings is 2. The summed E-state index contributed by atoms with van der Waals surface area (Å²) < 4.78 is 38.5. The molecule has 0 spiro atoms. The summed E-state index contributed by atoms with van der Waals surface area (Å²) in [6, 6.07) is 12.2. The third-order valence-electron chi connectivity index (χ3n) is 5.85. The SMILES string of the molecule is CCOc1ccc(Cc2nc(-c3cccc4c3CCC4NCCC[SH](=O)=O)no2)cc1OCC. The minimum atomic E-state index is -2.32. The molecular formula is C25H31N3O5S. The molecule has 4 rings (SSSR count).